The van der Waals surface area contributed by atoms with Crippen LogP contribution in [0.4, 0.5) is 5.82 Å². The summed E-state index contributed by atoms with van der Waals surface area (Å²) < 4.78 is 1.67. The predicted molar refractivity (Wildman–Crippen MR) is 83.2 cm³/mol. The largest absolute Gasteiger partial charge is 0.508 e. The van der Waals surface area contributed by atoms with Crippen LogP contribution in [0.5, 0.6) is 5.75 Å². The number of hydrogen-bond donors (Lipinski definition) is 2. The number of aryl methyl sites for hydroxylation is 1. The highest BCUT2D eigenvalue weighted by atomic mass is 16.3. The van der Waals surface area contributed by atoms with Gasteiger partial charge < -0.3 is 5.11 Å². The molecule has 0 atom stereocenters. The third-order valence-corrected chi connectivity index (χ3v) is 2.88. The molecule has 0 aliphatic carbocycles. The minimum absolute atomic E-state index is 0.222. The molecule has 110 valence electrons. The van der Waals surface area contributed by atoms with E-state index in [0.717, 1.165) is 11.1 Å². The maximum Gasteiger partial charge on any atom is 0.158 e. The SMILES string of the molecule is Cc1cnn(-c2cc(NN=Cc3ccc(O)cc3)ncn2)c1. The molecule has 7 heteroatoms. The van der Waals surface area contributed by atoms with E-state index in [1.807, 2.05) is 13.1 Å². The van der Waals surface area contributed by atoms with E-state index in [2.05, 4.69) is 25.6 Å². The van der Waals surface area contributed by atoms with Gasteiger partial charge in [0.15, 0.2) is 11.6 Å². The van der Waals surface area contributed by atoms with Crippen LogP contribution in [0.15, 0.2) is 54.2 Å². The number of nitrogens with zero attached hydrogens (tertiary/aromatic N) is 5. The predicted octanol–water partition coefficient (Wildman–Crippen LogP) is 2.12. The lowest BCUT2D eigenvalue weighted by atomic mass is 10.2. The Hall–Kier alpha value is -3.22. The van der Waals surface area contributed by atoms with Crippen molar-refractivity contribution < 1.29 is 5.11 Å². The fourth-order valence-electron chi connectivity index (χ4n) is 1.80. The number of hydrogen-bond acceptors (Lipinski definition) is 6. The molecule has 0 radical (unpaired) electrons. The van der Waals surface area contributed by atoms with Crippen LogP contribution in [0.1, 0.15) is 11.1 Å². The van der Waals surface area contributed by atoms with Crippen LogP contribution in [-0.2, 0) is 0 Å². The number of rotatable bonds is 4. The van der Waals surface area contributed by atoms with Gasteiger partial charge in [0.05, 0.1) is 12.4 Å². The lowest BCUT2D eigenvalue weighted by Gasteiger charge is -2.02. The second-order valence-electron chi connectivity index (χ2n) is 4.69. The Morgan fingerprint density at radius 1 is 1.23 bits per heavy atom. The highest BCUT2D eigenvalue weighted by Gasteiger charge is 2.01. The van der Waals surface area contributed by atoms with E-state index >= 15 is 0 Å². The lowest BCUT2D eigenvalue weighted by molar-refractivity contribution is 0.475. The topological polar surface area (TPSA) is 88.2 Å². The number of phenolic OH excluding ortho intramolecular Hbond substituents is 1. The monoisotopic (exact) mass is 294 g/mol. The van der Waals surface area contributed by atoms with E-state index in [0.29, 0.717) is 11.6 Å². The average molecular weight is 294 g/mol. The Morgan fingerprint density at radius 2 is 2.05 bits per heavy atom. The number of nitrogens with one attached hydrogen (secondary N) is 1. The molecule has 2 N–H and O–H groups in total. The molecule has 0 amide bonds. The number of aromatic nitrogens is 4. The Bertz CT molecular complexity index is 794. The third kappa shape index (κ3) is 3.26. The summed E-state index contributed by atoms with van der Waals surface area (Å²) in [4.78, 5) is 8.27. The van der Waals surface area contributed by atoms with Crippen molar-refractivity contribution in [3.8, 4) is 11.6 Å². The number of phenols is 1. The van der Waals surface area contributed by atoms with Gasteiger partial charge in [-0.2, -0.15) is 10.2 Å². The molecular formula is C15H14N6O. The van der Waals surface area contributed by atoms with Crippen LogP contribution in [0, 0.1) is 6.92 Å². The zero-order valence-corrected chi connectivity index (χ0v) is 11.9. The molecule has 0 aliphatic heterocycles. The van der Waals surface area contributed by atoms with Crippen molar-refractivity contribution in [2.75, 3.05) is 5.43 Å². The Labute approximate surface area is 127 Å². The molecule has 0 fully saturated rings. The van der Waals surface area contributed by atoms with Gasteiger partial charge in [-0.1, -0.05) is 0 Å². The molecule has 0 bridgehead atoms. The van der Waals surface area contributed by atoms with Crippen molar-refractivity contribution in [3.05, 3.63) is 60.2 Å². The third-order valence-electron chi connectivity index (χ3n) is 2.88. The van der Waals surface area contributed by atoms with E-state index in [4.69, 9.17) is 0 Å². The molecule has 3 rings (SSSR count). The summed E-state index contributed by atoms with van der Waals surface area (Å²) in [5, 5.41) is 17.5. The molecule has 0 spiro atoms. The molecule has 2 aromatic heterocycles. The van der Waals surface area contributed by atoms with E-state index in [-0.39, 0.29) is 5.75 Å². The molecule has 0 saturated heterocycles. The fraction of sp³-hybridized carbons (Fsp3) is 0.0667. The zero-order chi connectivity index (χ0) is 15.4. The first-order chi connectivity index (χ1) is 10.7. The van der Waals surface area contributed by atoms with Crippen molar-refractivity contribution in [1.29, 1.82) is 0 Å². The molecule has 3 aromatic rings. The van der Waals surface area contributed by atoms with Gasteiger partial charge in [-0.05, 0) is 42.3 Å². The minimum atomic E-state index is 0.222. The van der Waals surface area contributed by atoms with Crippen LogP contribution in [0.25, 0.3) is 5.82 Å². The van der Waals surface area contributed by atoms with Gasteiger partial charge in [-0.25, -0.2) is 14.6 Å². The Kier molecular flexibility index (Phi) is 3.78. The van der Waals surface area contributed by atoms with Crippen LogP contribution < -0.4 is 5.43 Å². The summed E-state index contributed by atoms with van der Waals surface area (Å²) in [6, 6.07) is 8.48. The smallest absolute Gasteiger partial charge is 0.158 e. The summed E-state index contributed by atoms with van der Waals surface area (Å²) in [6.07, 6.45) is 6.73. The molecule has 1 aromatic carbocycles. The number of aromatic hydroxyl groups is 1. The van der Waals surface area contributed by atoms with E-state index in [1.165, 1.54) is 6.33 Å². The van der Waals surface area contributed by atoms with Crippen LogP contribution in [0.3, 0.4) is 0 Å². The summed E-state index contributed by atoms with van der Waals surface area (Å²) in [6.45, 7) is 1.96. The maximum atomic E-state index is 9.22. The summed E-state index contributed by atoms with van der Waals surface area (Å²) >= 11 is 0. The van der Waals surface area contributed by atoms with Crippen LogP contribution >= 0.6 is 0 Å². The molecule has 22 heavy (non-hydrogen) atoms. The molecule has 2 heterocycles. The van der Waals surface area contributed by atoms with Crippen LogP contribution in [-0.4, -0.2) is 31.1 Å². The number of hydrazone groups is 1. The maximum absolute atomic E-state index is 9.22. The standard InChI is InChI=1S/C15H14N6O/c1-11-7-19-21(9-11)15-6-14(16-10-17-15)20-18-8-12-2-4-13(22)5-3-12/h2-10,22H,1H3,(H,16,17,20). The molecular weight excluding hydrogens is 280 g/mol. The summed E-state index contributed by atoms with van der Waals surface area (Å²) in [5.41, 5.74) is 4.76. The van der Waals surface area contributed by atoms with Crippen molar-refractivity contribution in [2.24, 2.45) is 5.10 Å². The van der Waals surface area contributed by atoms with Gasteiger partial charge in [0, 0.05) is 12.3 Å². The normalized spacial score (nSPS) is 11.0. The Balaban J connectivity index is 1.71. The van der Waals surface area contributed by atoms with Gasteiger partial charge in [0.2, 0.25) is 0 Å². The lowest BCUT2D eigenvalue weighted by Crippen LogP contribution is -2.01. The van der Waals surface area contributed by atoms with Crippen LogP contribution in [0.2, 0.25) is 0 Å². The first kappa shape index (κ1) is 13.7. The van der Waals surface area contributed by atoms with E-state index < -0.39 is 0 Å². The second kappa shape index (κ2) is 6.04. The van der Waals surface area contributed by atoms with E-state index in [9.17, 15) is 5.11 Å². The van der Waals surface area contributed by atoms with Gasteiger partial charge in [-0.3, -0.25) is 5.43 Å². The first-order valence-corrected chi connectivity index (χ1v) is 6.62. The first-order valence-electron chi connectivity index (χ1n) is 6.62. The van der Waals surface area contributed by atoms with Gasteiger partial charge in [-0.15, -0.1) is 0 Å². The fourth-order valence-corrected chi connectivity index (χ4v) is 1.80. The zero-order valence-electron chi connectivity index (χ0n) is 11.9. The number of benzene rings is 1. The quantitative estimate of drug-likeness (QED) is 0.568. The second-order valence-corrected chi connectivity index (χ2v) is 4.69. The average Bonchev–Trinajstić information content (AvgIpc) is 2.96. The minimum Gasteiger partial charge on any atom is -0.508 e. The highest BCUT2D eigenvalue weighted by molar-refractivity contribution is 5.80. The van der Waals surface area contributed by atoms with Crippen molar-refractivity contribution in [2.45, 2.75) is 6.92 Å². The molecule has 0 unspecified atom stereocenters. The van der Waals surface area contributed by atoms with Crippen molar-refractivity contribution >= 4 is 12.0 Å². The number of anilines is 1. The molecule has 0 aliphatic rings. The van der Waals surface area contributed by atoms with Gasteiger partial charge in [0.1, 0.15) is 12.1 Å². The van der Waals surface area contributed by atoms with Crippen molar-refractivity contribution in [1.82, 2.24) is 19.7 Å². The van der Waals surface area contributed by atoms with Gasteiger partial charge in [0.25, 0.3) is 0 Å². The summed E-state index contributed by atoms with van der Waals surface area (Å²) in [7, 11) is 0. The molecule has 7 nitrogen and oxygen atoms in total. The van der Waals surface area contributed by atoms with Crippen molar-refractivity contribution in [3.63, 3.8) is 0 Å². The summed E-state index contributed by atoms with van der Waals surface area (Å²) in [5.74, 6) is 1.44. The Morgan fingerprint density at radius 3 is 2.77 bits per heavy atom. The molecule has 0 saturated carbocycles. The highest BCUT2D eigenvalue weighted by Crippen LogP contribution is 2.10. The van der Waals surface area contributed by atoms with Gasteiger partial charge >= 0.3 is 0 Å². The van der Waals surface area contributed by atoms with E-state index in [1.54, 1.807) is 47.4 Å².